The maximum atomic E-state index is 12.0. The van der Waals surface area contributed by atoms with E-state index in [9.17, 15) is 9.59 Å². The van der Waals surface area contributed by atoms with Gasteiger partial charge >= 0.3 is 0 Å². The number of hydrogen-bond acceptors (Lipinski definition) is 4. The van der Waals surface area contributed by atoms with Gasteiger partial charge in [0.1, 0.15) is 5.25 Å². The number of carbonyl (C=O) groups is 2. The molecular weight excluding hydrogens is 309 g/mol. The van der Waals surface area contributed by atoms with Gasteiger partial charge in [-0.15, -0.1) is 0 Å². The molecule has 0 bridgehead atoms. The number of aliphatic imine (C=N–C) groups is 1. The van der Waals surface area contributed by atoms with Crippen LogP contribution in [-0.4, -0.2) is 22.2 Å². The number of hydrogen-bond donors (Lipinski definition) is 2. The van der Waals surface area contributed by atoms with Gasteiger partial charge in [0.25, 0.3) is 0 Å². The number of carbonyl (C=O) groups excluding carboxylic acids is 2. The quantitative estimate of drug-likeness (QED) is 0.876. The standard InChI is InChI=1S/C11H9Cl2N3O2S/c12-5-2-1-3-6(9(5)13)15-10(18)7-4-8(17)16-11(14)19-7/h1-3,7H,4H2,(H,15,18)(H2,14,16,17). The Balaban J connectivity index is 2.12. The SMILES string of the molecule is NC1=NC(=O)CC(C(=O)Nc2cccc(Cl)c2Cl)S1. The fraction of sp³-hybridized carbons (Fsp3) is 0.182. The number of benzene rings is 1. The molecular formula is C11H9Cl2N3O2S. The highest BCUT2D eigenvalue weighted by atomic mass is 35.5. The van der Waals surface area contributed by atoms with Crippen molar-refractivity contribution in [3.63, 3.8) is 0 Å². The van der Waals surface area contributed by atoms with E-state index >= 15 is 0 Å². The largest absolute Gasteiger partial charge is 0.378 e. The second-order valence-electron chi connectivity index (χ2n) is 3.75. The highest BCUT2D eigenvalue weighted by molar-refractivity contribution is 8.15. The number of amides is 2. The molecule has 0 aromatic heterocycles. The summed E-state index contributed by atoms with van der Waals surface area (Å²) in [6.45, 7) is 0. The number of rotatable bonds is 2. The minimum absolute atomic E-state index is 0.00931. The molecule has 0 radical (unpaired) electrons. The predicted octanol–water partition coefficient (Wildman–Crippen LogP) is 2.28. The Kier molecular flexibility index (Phi) is 4.34. The minimum atomic E-state index is -0.611. The molecule has 100 valence electrons. The van der Waals surface area contributed by atoms with Gasteiger partial charge in [-0.25, -0.2) is 0 Å². The molecule has 0 aliphatic carbocycles. The van der Waals surface area contributed by atoms with Crippen LogP contribution in [0.5, 0.6) is 0 Å². The van der Waals surface area contributed by atoms with E-state index in [-0.39, 0.29) is 22.5 Å². The molecule has 19 heavy (non-hydrogen) atoms. The van der Waals surface area contributed by atoms with Crippen molar-refractivity contribution in [2.75, 3.05) is 5.32 Å². The fourth-order valence-corrected chi connectivity index (χ4v) is 2.69. The van der Waals surface area contributed by atoms with Crippen LogP contribution in [0.15, 0.2) is 23.2 Å². The van der Waals surface area contributed by atoms with Gasteiger partial charge in [-0.05, 0) is 12.1 Å². The molecule has 0 fully saturated rings. The van der Waals surface area contributed by atoms with Crippen molar-refractivity contribution in [1.82, 2.24) is 0 Å². The van der Waals surface area contributed by atoms with Gasteiger partial charge in [-0.3, -0.25) is 9.59 Å². The van der Waals surface area contributed by atoms with Gasteiger partial charge in [0.2, 0.25) is 11.8 Å². The van der Waals surface area contributed by atoms with E-state index in [4.69, 9.17) is 28.9 Å². The topological polar surface area (TPSA) is 84.5 Å². The van der Waals surface area contributed by atoms with Crippen molar-refractivity contribution < 1.29 is 9.59 Å². The molecule has 0 spiro atoms. The summed E-state index contributed by atoms with van der Waals surface area (Å²) in [6, 6.07) is 4.90. The number of nitrogens with two attached hydrogens (primary N) is 1. The molecule has 1 heterocycles. The average molecular weight is 318 g/mol. The summed E-state index contributed by atoms with van der Waals surface area (Å²) in [7, 11) is 0. The van der Waals surface area contributed by atoms with Crippen molar-refractivity contribution in [2.24, 2.45) is 10.7 Å². The first kappa shape index (κ1) is 14.2. The molecule has 1 atom stereocenters. The van der Waals surface area contributed by atoms with Crippen LogP contribution in [0.3, 0.4) is 0 Å². The maximum Gasteiger partial charge on any atom is 0.249 e. The zero-order valence-electron chi connectivity index (χ0n) is 9.52. The Bertz CT molecular complexity index is 577. The van der Waals surface area contributed by atoms with Crippen LogP contribution in [0.1, 0.15) is 6.42 Å². The number of anilines is 1. The molecule has 8 heteroatoms. The van der Waals surface area contributed by atoms with E-state index in [1.54, 1.807) is 18.2 Å². The number of amidine groups is 1. The van der Waals surface area contributed by atoms with Crippen LogP contribution in [0.2, 0.25) is 10.0 Å². The van der Waals surface area contributed by atoms with Crippen molar-refractivity contribution in [3.05, 3.63) is 28.2 Å². The van der Waals surface area contributed by atoms with E-state index in [2.05, 4.69) is 10.3 Å². The first-order valence-corrected chi connectivity index (χ1v) is 6.89. The summed E-state index contributed by atoms with van der Waals surface area (Å²) >= 11 is 12.9. The molecule has 2 rings (SSSR count). The third kappa shape index (κ3) is 3.40. The smallest absolute Gasteiger partial charge is 0.249 e. The van der Waals surface area contributed by atoms with E-state index in [1.165, 1.54) is 0 Å². The van der Waals surface area contributed by atoms with Crippen LogP contribution >= 0.6 is 35.0 Å². The van der Waals surface area contributed by atoms with Gasteiger partial charge in [-0.1, -0.05) is 41.0 Å². The van der Waals surface area contributed by atoms with Crippen molar-refractivity contribution >= 4 is 57.6 Å². The zero-order chi connectivity index (χ0) is 14.0. The molecule has 1 aliphatic heterocycles. The molecule has 2 amide bonds. The summed E-state index contributed by atoms with van der Waals surface area (Å²) in [6.07, 6.45) is 0.00931. The highest BCUT2D eigenvalue weighted by Crippen LogP contribution is 2.30. The Morgan fingerprint density at radius 2 is 2.21 bits per heavy atom. The second-order valence-corrected chi connectivity index (χ2v) is 5.75. The lowest BCUT2D eigenvalue weighted by Gasteiger charge is -2.18. The lowest BCUT2D eigenvalue weighted by Crippen LogP contribution is -2.33. The number of nitrogens with zero attached hydrogens (tertiary/aromatic N) is 1. The van der Waals surface area contributed by atoms with Gasteiger partial charge in [0, 0.05) is 0 Å². The summed E-state index contributed by atoms with van der Waals surface area (Å²) in [4.78, 5) is 26.8. The van der Waals surface area contributed by atoms with E-state index < -0.39 is 11.2 Å². The summed E-state index contributed by atoms with van der Waals surface area (Å²) < 4.78 is 0. The van der Waals surface area contributed by atoms with Crippen molar-refractivity contribution in [1.29, 1.82) is 0 Å². The Morgan fingerprint density at radius 1 is 1.47 bits per heavy atom. The van der Waals surface area contributed by atoms with Gasteiger partial charge in [-0.2, -0.15) is 4.99 Å². The molecule has 1 aliphatic rings. The number of thioether (sulfide) groups is 1. The normalized spacial score (nSPS) is 18.9. The molecule has 5 nitrogen and oxygen atoms in total. The van der Waals surface area contributed by atoms with E-state index in [0.29, 0.717) is 10.7 Å². The average Bonchev–Trinajstić information content (AvgIpc) is 2.33. The molecule has 1 unspecified atom stereocenters. The lowest BCUT2D eigenvalue weighted by molar-refractivity contribution is -0.121. The Morgan fingerprint density at radius 3 is 2.89 bits per heavy atom. The molecule has 0 saturated carbocycles. The maximum absolute atomic E-state index is 12.0. The molecule has 3 N–H and O–H groups in total. The zero-order valence-corrected chi connectivity index (χ0v) is 11.9. The Hall–Kier alpha value is -1.24. The first-order valence-electron chi connectivity index (χ1n) is 5.26. The summed E-state index contributed by atoms with van der Waals surface area (Å²) in [5.74, 6) is -0.769. The van der Waals surface area contributed by atoms with Gasteiger partial charge in [0.05, 0.1) is 22.2 Å². The highest BCUT2D eigenvalue weighted by Gasteiger charge is 2.28. The van der Waals surface area contributed by atoms with Crippen LogP contribution in [0.25, 0.3) is 0 Å². The molecule has 1 aromatic rings. The fourth-order valence-electron chi connectivity index (χ4n) is 1.50. The monoisotopic (exact) mass is 317 g/mol. The minimum Gasteiger partial charge on any atom is -0.378 e. The molecule has 1 aromatic carbocycles. The lowest BCUT2D eigenvalue weighted by atomic mass is 10.2. The van der Waals surface area contributed by atoms with Crippen LogP contribution in [-0.2, 0) is 9.59 Å². The van der Waals surface area contributed by atoms with Crippen LogP contribution in [0.4, 0.5) is 5.69 Å². The predicted molar refractivity (Wildman–Crippen MR) is 77.7 cm³/mol. The van der Waals surface area contributed by atoms with E-state index in [0.717, 1.165) is 11.8 Å². The third-order valence-electron chi connectivity index (χ3n) is 2.36. The summed E-state index contributed by atoms with van der Waals surface area (Å²) in [5, 5.41) is 2.70. The van der Waals surface area contributed by atoms with Gasteiger partial charge < -0.3 is 11.1 Å². The third-order valence-corrected chi connectivity index (χ3v) is 4.18. The first-order chi connectivity index (χ1) is 8.97. The van der Waals surface area contributed by atoms with E-state index in [1.807, 2.05) is 0 Å². The second kappa shape index (κ2) is 5.81. The van der Waals surface area contributed by atoms with Crippen molar-refractivity contribution in [3.8, 4) is 0 Å². The van der Waals surface area contributed by atoms with Gasteiger partial charge in [0.15, 0.2) is 5.17 Å². The van der Waals surface area contributed by atoms with Crippen LogP contribution < -0.4 is 11.1 Å². The molecule has 0 saturated heterocycles. The van der Waals surface area contributed by atoms with Crippen molar-refractivity contribution in [2.45, 2.75) is 11.7 Å². The number of halogens is 2. The number of nitrogens with one attached hydrogen (secondary N) is 1. The summed E-state index contributed by atoms with van der Waals surface area (Å²) in [5.41, 5.74) is 5.86. The van der Waals surface area contributed by atoms with Crippen LogP contribution in [0, 0.1) is 0 Å². The Labute approximate surface area is 123 Å².